The largest absolute Gasteiger partial charge is 0.494 e. The van der Waals surface area contributed by atoms with E-state index in [1.165, 1.54) is 5.56 Å². The molecule has 0 bridgehead atoms. The molecule has 88 valence electrons. The zero-order valence-corrected chi connectivity index (χ0v) is 9.99. The molecule has 0 heterocycles. The van der Waals surface area contributed by atoms with Gasteiger partial charge in [0.2, 0.25) is 0 Å². The zero-order chi connectivity index (χ0) is 11.8. The summed E-state index contributed by atoms with van der Waals surface area (Å²) in [6.45, 7) is 6.39. The van der Waals surface area contributed by atoms with Gasteiger partial charge in [0.1, 0.15) is 5.75 Å². The molecule has 1 aromatic rings. The highest BCUT2D eigenvalue weighted by molar-refractivity contribution is 5.28. The maximum absolute atomic E-state index is 6.08. The van der Waals surface area contributed by atoms with Gasteiger partial charge in [-0.15, -0.1) is 6.58 Å². The fourth-order valence-electron chi connectivity index (χ4n) is 1.63. The normalized spacial score (nSPS) is 12.1. The fourth-order valence-corrected chi connectivity index (χ4v) is 1.63. The third kappa shape index (κ3) is 4.07. The van der Waals surface area contributed by atoms with E-state index in [2.05, 4.69) is 6.58 Å². The van der Waals surface area contributed by atoms with E-state index in [1.807, 2.05) is 37.3 Å². The van der Waals surface area contributed by atoms with Crippen molar-refractivity contribution in [3.63, 3.8) is 0 Å². The fraction of sp³-hybridized carbons (Fsp3) is 0.429. The number of allylic oxidation sites excluding steroid dienone is 1. The quantitative estimate of drug-likeness (QED) is 0.563. The summed E-state index contributed by atoms with van der Waals surface area (Å²) in [6, 6.07) is 8.17. The van der Waals surface area contributed by atoms with Crippen LogP contribution in [-0.4, -0.2) is 6.61 Å². The summed E-state index contributed by atoms with van der Waals surface area (Å²) in [5, 5.41) is 0. The minimum absolute atomic E-state index is 0.121. The van der Waals surface area contributed by atoms with Crippen LogP contribution in [0.2, 0.25) is 0 Å². The molecule has 1 rings (SSSR count). The average Bonchev–Trinajstić information content (AvgIpc) is 2.30. The van der Waals surface area contributed by atoms with Crippen molar-refractivity contribution in [1.82, 2.24) is 0 Å². The number of hydrogen-bond donors (Lipinski definition) is 1. The molecule has 1 atom stereocenters. The Bertz CT molecular complexity index is 305. The van der Waals surface area contributed by atoms with Gasteiger partial charge in [-0.2, -0.15) is 0 Å². The van der Waals surface area contributed by atoms with Gasteiger partial charge in [0.05, 0.1) is 6.61 Å². The molecule has 0 spiro atoms. The zero-order valence-electron chi connectivity index (χ0n) is 9.99. The van der Waals surface area contributed by atoms with Crippen LogP contribution in [0, 0.1) is 0 Å². The van der Waals surface area contributed by atoms with Crippen molar-refractivity contribution in [2.45, 2.75) is 32.2 Å². The van der Waals surface area contributed by atoms with Crippen molar-refractivity contribution in [2.24, 2.45) is 5.73 Å². The summed E-state index contributed by atoms with van der Waals surface area (Å²) in [5.41, 5.74) is 7.26. The predicted octanol–water partition coefficient (Wildman–Crippen LogP) is 3.44. The van der Waals surface area contributed by atoms with Gasteiger partial charge in [0.15, 0.2) is 0 Å². The number of nitrogens with two attached hydrogens (primary N) is 1. The highest BCUT2D eigenvalue weighted by Gasteiger charge is 2.05. The third-order valence-electron chi connectivity index (χ3n) is 2.54. The summed E-state index contributed by atoms with van der Waals surface area (Å²) < 4.78 is 5.39. The summed E-state index contributed by atoms with van der Waals surface area (Å²) in [7, 11) is 0. The van der Waals surface area contributed by atoms with Crippen molar-refractivity contribution in [3.8, 4) is 5.75 Å². The number of ether oxygens (including phenoxy) is 1. The molecule has 1 unspecified atom stereocenters. The molecule has 0 aromatic heterocycles. The maximum atomic E-state index is 6.08. The molecule has 0 saturated heterocycles. The lowest BCUT2D eigenvalue weighted by Gasteiger charge is -2.12. The lowest BCUT2D eigenvalue weighted by molar-refractivity contribution is 0.340. The smallest absolute Gasteiger partial charge is 0.119 e. The summed E-state index contributed by atoms with van der Waals surface area (Å²) in [5.74, 6) is 0.907. The second-order valence-corrected chi connectivity index (χ2v) is 3.83. The molecule has 16 heavy (non-hydrogen) atoms. The molecular weight excluding hydrogens is 198 g/mol. The van der Waals surface area contributed by atoms with Crippen LogP contribution in [0.4, 0.5) is 0 Å². The van der Waals surface area contributed by atoms with Gasteiger partial charge in [-0.1, -0.05) is 18.2 Å². The highest BCUT2D eigenvalue weighted by Crippen LogP contribution is 2.20. The minimum atomic E-state index is 0.121. The van der Waals surface area contributed by atoms with Crippen LogP contribution in [0.1, 0.15) is 37.8 Å². The molecule has 0 aliphatic carbocycles. The monoisotopic (exact) mass is 219 g/mol. The lowest BCUT2D eigenvalue weighted by atomic mass is 10.0. The first kappa shape index (κ1) is 12.8. The van der Waals surface area contributed by atoms with Crippen molar-refractivity contribution in [3.05, 3.63) is 42.5 Å². The van der Waals surface area contributed by atoms with E-state index >= 15 is 0 Å². The van der Waals surface area contributed by atoms with E-state index < -0.39 is 0 Å². The van der Waals surface area contributed by atoms with Crippen LogP contribution in [0.5, 0.6) is 5.75 Å². The summed E-state index contributed by atoms with van der Waals surface area (Å²) in [6.07, 6.45) is 5.06. The second kappa shape index (κ2) is 7.07. The number of rotatable bonds is 7. The molecule has 1 aromatic carbocycles. The van der Waals surface area contributed by atoms with Gasteiger partial charge in [-0.3, -0.25) is 0 Å². The Hall–Kier alpha value is -1.28. The SMILES string of the molecule is C=CCCCC(N)c1ccc(OCC)cc1. The molecular formula is C14H21NO. The maximum Gasteiger partial charge on any atom is 0.119 e. The second-order valence-electron chi connectivity index (χ2n) is 3.83. The third-order valence-corrected chi connectivity index (χ3v) is 2.54. The van der Waals surface area contributed by atoms with Gasteiger partial charge in [0.25, 0.3) is 0 Å². The van der Waals surface area contributed by atoms with E-state index in [9.17, 15) is 0 Å². The Kier molecular flexibility index (Phi) is 5.65. The van der Waals surface area contributed by atoms with Crippen LogP contribution < -0.4 is 10.5 Å². The average molecular weight is 219 g/mol. The Morgan fingerprint density at radius 3 is 2.62 bits per heavy atom. The van der Waals surface area contributed by atoms with Gasteiger partial charge in [0, 0.05) is 6.04 Å². The van der Waals surface area contributed by atoms with Gasteiger partial charge >= 0.3 is 0 Å². The first-order valence-corrected chi connectivity index (χ1v) is 5.87. The van der Waals surface area contributed by atoms with Gasteiger partial charge in [-0.05, 0) is 43.9 Å². The molecule has 0 aliphatic rings. The molecule has 2 nitrogen and oxygen atoms in total. The van der Waals surface area contributed by atoms with Crippen molar-refractivity contribution in [2.75, 3.05) is 6.61 Å². The molecule has 0 radical (unpaired) electrons. The molecule has 0 aliphatic heterocycles. The van der Waals surface area contributed by atoms with E-state index in [-0.39, 0.29) is 6.04 Å². The summed E-state index contributed by atoms with van der Waals surface area (Å²) in [4.78, 5) is 0. The van der Waals surface area contributed by atoms with Crippen LogP contribution in [0.15, 0.2) is 36.9 Å². The highest BCUT2D eigenvalue weighted by atomic mass is 16.5. The van der Waals surface area contributed by atoms with Gasteiger partial charge < -0.3 is 10.5 Å². The Balaban J connectivity index is 2.48. The first-order valence-electron chi connectivity index (χ1n) is 5.87. The molecule has 0 amide bonds. The number of unbranched alkanes of at least 4 members (excludes halogenated alkanes) is 1. The lowest BCUT2D eigenvalue weighted by Crippen LogP contribution is -2.09. The molecule has 0 saturated carbocycles. The first-order chi connectivity index (χ1) is 7.77. The molecule has 2 N–H and O–H groups in total. The molecule has 2 heteroatoms. The van der Waals surface area contributed by atoms with Gasteiger partial charge in [-0.25, -0.2) is 0 Å². The van der Waals surface area contributed by atoms with Crippen molar-refractivity contribution >= 4 is 0 Å². The van der Waals surface area contributed by atoms with E-state index in [0.29, 0.717) is 6.61 Å². The van der Waals surface area contributed by atoms with Crippen LogP contribution in [0.3, 0.4) is 0 Å². The Morgan fingerprint density at radius 1 is 1.38 bits per heavy atom. The van der Waals surface area contributed by atoms with E-state index in [0.717, 1.165) is 25.0 Å². The Labute approximate surface area is 98.1 Å². The Morgan fingerprint density at radius 2 is 2.06 bits per heavy atom. The van der Waals surface area contributed by atoms with E-state index in [4.69, 9.17) is 10.5 Å². The standard InChI is InChI=1S/C14H21NO/c1-3-5-6-7-14(15)12-8-10-13(11-9-12)16-4-2/h3,8-11,14H,1,4-7,15H2,2H3. The number of benzene rings is 1. The predicted molar refractivity (Wildman–Crippen MR) is 68.6 cm³/mol. The van der Waals surface area contributed by atoms with Crippen LogP contribution >= 0.6 is 0 Å². The van der Waals surface area contributed by atoms with Crippen LogP contribution in [0.25, 0.3) is 0 Å². The minimum Gasteiger partial charge on any atom is -0.494 e. The topological polar surface area (TPSA) is 35.2 Å². The van der Waals surface area contributed by atoms with Crippen molar-refractivity contribution in [1.29, 1.82) is 0 Å². The van der Waals surface area contributed by atoms with Crippen molar-refractivity contribution < 1.29 is 4.74 Å². The summed E-state index contributed by atoms with van der Waals surface area (Å²) >= 11 is 0. The molecule has 0 fully saturated rings. The van der Waals surface area contributed by atoms with E-state index in [1.54, 1.807) is 0 Å². The number of hydrogen-bond acceptors (Lipinski definition) is 2. The van der Waals surface area contributed by atoms with Crippen LogP contribution in [-0.2, 0) is 0 Å².